The Morgan fingerprint density at radius 1 is 1.12 bits per heavy atom. The van der Waals surface area contributed by atoms with Crippen LogP contribution >= 0.6 is 23.4 Å². The first-order valence-electron chi connectivity index (χ1n) is 9.75. The largest absolute Gasteiger partial charge is 0.324 e. The number of carbonyl (C=O) groups excluding carboxylic acids is 1. The van der Waals surface area contributed by atoms with E-state index < -0.39 is 4.92 Å². The van der Waals surface area contributed by atoms with Gasteiger partial charge in [0.25, 0.3) is 5.69 Å². The number of benzene rings is 2. The summed E-state index contributed by atoms with van der Waals surface area (Å²) in [6.45, 7) is 0.513. The lowest BCUT2D eigenvalue weighted by Gasteiger charge is -2.11. The molecule has 11 heteroatoms. The van der Waals surface area contributed by atoms with Gasteiger partial charge in [-0.2, -0.15) is 0 Å². The highest BCUT2D eigenvalue weighted by Gasteiger charge is 2.17. The monoisotopic (exact) mass is 480 g/mol. The summed E-state index contributed by atoms with van der Waals surface area (Å²) in [6, 6.07) is 17.4. The summed E-state index contributed by atoms with van der Waals surface area (Å²) >= 11 is 7.28. The molecule has 0 aliphatic rings. The zero-order valence-electron chi connectivity index (χ0n) is 17.1. The Balaban J connectivity index is 1.53. The molecule has 0 aliphatic carbocycles. The van der Waals surface area contributed by atoms with Gasteiger partial charge in [0.05, 0.1) is 27.9 Å². The minimum Gasteiger partial charge on any atom is -0.324 e. The zero-order valence-corrected chi connectivity index (χ0v) is 18.7. The normalized spacial score (nSPS) is 10.7. The van der Waals surface area contributed by atoms with E-state index >= 15 is 0 Å². The van der Waals surface area contributed by atoms with Gasteiger partial charge in [-0.3, -0.25) is 24.5 Å². The van der Waals surface area contributed by atoms with Gasteiger partial charge in [-0.05, 0) is 23.8 Å². The smallest absolute Gasteiger partial charge is 0.271 e. The highest BCUT2D eigenvalue weighted by atomic mass is 35.5. The summed E-state index contributed by atoms with van der Waals surface area (Å²) in [5, 5.41) is 23.0. The van der Waals surface area contributed by atoms with Crippen LogP contribution in [0.5, 0.6) is 0 Å². The molecular formula is C22H17ClN6O3S. The van der Waals surface area contributed by atoms with Crippen molar-refractivity contribution in [1.82, 2.24) is 19.7 Å². The molecule has 0 fully saturated rings. The number of hydrogen-bond donors (Lipinski definition) is 1. The van der Waals surface area contributed by atoms with Gasteiger partial charge in [0.1, 0.15) is 0 Å². The number of thioether (sulfide) groups is 1. The number of carbonyl (C=O) groups is 1. The molecule has 0 atom stereocenters. The van der Waals surface area contributed by atoms with Crippen molar-refractivity contribution >= 4 is 40.6 Å². The minimum absolute atomic E-state index is 0.0129. The lowest BCUT2D eigenvalue weighted by Crippen LogP contribution is -2.15. The molecule has 2 aromatic heterocycles. The molecule has 0 radical (unpaired) electrons. The SMILES string of the molecule is O=C(CSc1nnc(-c2cccnc2)n1Cc1ccccc1)Nc1cc([N+](=O)[O-])ccc1Cl. The first-order valence-corrected chi connectivity index (χ1v) is 11.1. The van der Waals surface area contributed by atoms with Crippen LogP contribution in [-0.4, -0.2) is 36.3 Å². The van der Waals surface area contributed by atoms with Crippen LogP contribution in [0.3, 0.4) is 0 Å². The van der Waals surface area contributed by atoms with Crippen LogP contribution in [-0.2, 0) is 11.3 Å². The maximum atomic E-state index is 12.5. The average molecular weight is 481 g/mol. The Morgan fingerprint density at radius 3 is 2.67 bits per heavy atom. The van der Waals surface area contributed by atoms with Gasteiger partial charge in [-0.15, -0.1) is 10.2 Å². The van der Waals surface area contributed by atoms with Crippen molar-refractivity contribution in [2.75, 3.05) is 11.1 Å². The molecular weight excluding hydrogens is 464 g/mol. The van der Waals surface area contributed by atoms with Gasteiger partial charge in [0.2, 0.25) is 5.91 Å². The zero-order chi connectivity index (χ0) is 23.2. The number of nitrogens with one attached hydrogen (secondary N) is 1. The number of nitrogens with zero attached hydrogens (tertiary/aromatic N) is 5. The predicted octanol–water partition coefficient (Wildman–Crippen LogP) is 4.68. The summed E-state index contributed by atoms with van der Waals surface area (Å²) < 4.78 is 1.92. The third kappa shape index (κ3) is 5.54. The van der Waals surface area contributed by atoms with E-state index in [9.17, 15) is 14.9 Å². The Kier molecular flexibility index (Phi) is 6.96. The molecule has 9 nitrogen and oxygen atoms in total. The molecule has 0 saturated carbocycles. The van der Waals surface area contributed by atoms with Gasteiger partial charge in [-0.1, -0.05) is 53.7 Å². The molecule has 33 heavy (non-hydrogen) atoms. The molecule has 4 rings (SSSR count). The topological polar surface area (TPSA) is 116 Å². The molecule has 1 N–H and O–H groups in total. The molecule has 1 amide bonds. The van der Waals surface area contributed by atoms with Crippen molar-refractivity contribution in [3.05, 3.63) is 93.8 Å². The van der Waals surface area contributed by atoms with Gasteiger partial charge < -0.3 is 5.32 Å². The van der Waals surface area contributed by atoms with Crippen molar-refractivity contribution in [3.63, 3.8) is 0 Å². The van der Waals surface area contributed by atoms with Crippen molar-refractivity contribution in [2.45, 2.75) is 11.7 Å². The molecule has 0 saturated heterocycles. The molecule has 166 valence electrons. The number of halogens is 1. The van der Waals surface area contributed by atoms with E-state index in [1.807, 2.05) is 47.0 Å². The lowest BCUT2D eigenvalue weighted by molar-refractivity contribution is -0.384. The summed E-state index contributed by atoms with van der Waals surface area (Å²) in [7, 11) is 0. The first kappa shape index (κ1) is 22.4. The van der Waals surface area contributed by atoms with Crippen LogP contribution in [0.25, 0.3) is 11.4 Å². The maximum absolute atomic E-state index is 12.5. The highest BCUT2D eigenvalue weighted by Crippen LogP contribution is 2.28. The maximum Gasteiger partial charge on any atom is 0.271 e. The molecule has 0 spiro atoms. The van der Waals surface area contributed by atoms with Crippen molar-refractivity contribution in [1.29, 1.82) is 0 Å². The summed E-state index contributed by atoms with van der Waals surface area (Å²) in [4.78, 5) is 27.1. The van der Waals surface area contributed by atoms with Crippen LogP contribution in [0.1, 0.15) is 5.56 Å². The Morgan fingerprint density at radius 2 is 1.94 bits per heavy atom. The second-order valence-electron chi connectivity index (χ2n) is 6.88. The number of hydrogen-bond acceptors (Lipinski definition) is 7. The number of amides is 1. The van der Waals surface area contributed by atoms with E-state index in [-0.39, 0.29) is 28.1 Å². The van der Waals surface area contributed by atoms with Crippen LogP contribution in [0.15, 0.2) is 78.2 Å². The summed E-state index contributed by atoms with van der Waals surface area (Å²) in [6.07, 6.45) is 3.39. The Labute approximate surface area is 198 Å². The number of pyridine rings is 1. The predicted molar refractivity (Wildman–Crippen MR) is 126 cm³/mol. The van der Waals surface area contributed by atoms with Crippen LogP contribution < -0.4 is 5.32 Å². The van der Waals surface area contributed by atoms with E-state index in [1.54, 1.807) is 12.4 Å². The lowest BCUT2D eigenvalue weighted by atomic mass is 10.2. The molecule has 0 aliphatic heterocycles. The molecule has 2 heterocycles. The number of rotatable bonds is 8. The average Bonchev–Trinajstić information content (AvgIpc) is 3.22. The second-order valence-corrected chi connectivity index (χ2v) is 8.23. The van der Waals surface area contributed by atoms with Crippen molar-refractivity contribution in [2.24, 2.45) is 0 Å². The molecule has 2 aromatic carbocycles. The third-order valence-electron chi connectivity index (χ3n) is 4.59. The van der Waals surface area contributed by atoms with Gasteiger partial charge in [-0.25, -0.2) is 0 Å². The first-order chi connectivity index (χ1) is 16.0. The van der Waals surface area contributed by atoms with Gasteiger partial charge in [0, 0.05) is 30.1 Å². The fourth-order valence-corrected chi connectivity index (χ4v) is 3.95. The van der Waals surface area contributed by atoms with E-state index in [1.165, 1.54) is 30.0 Å². The van der Waals surface area contributed by atoms with Crippen molar-refractivity contribution in [3.8, 4) is 11.4 Å². The number of nitro benzene ring substituents is 1. The van der Waals surface area contributed by atoms with Crippen LogP contribution in [0, 0.1) is 10.1 Å². The van der Waals surface area contributed by atoms with E-state index in [4.69, 9.17) is 11.6 Å². The van der Waals surface area contributed by atoms with E-state index in [2.05, 4.69) is 20.5 Å². The van der Waals surface area contributed by atoms with E-state index in [0.29, 0.717) is 17.5 Å². The number of non-ortho nitro benzene ring substituents is 1. The van der Waals surface area contributed by atoms with Gasteiger partial charge >= 0.3 is 0 Å². The van der Waals surface area contributed by atoms with Crippen molar-refractivity contribution < 1.29 is 9.72 Å². The second kappa shape index (κ2) is 10.2. The molecule has 0 unspecified atom stereocenters. The van der Waals surface area contributed by atoms with Crippen LogP contribution in [0.4, 0.5) is 11.4 Å². The number of nitro groups is 1. The minimum atomic E-state index is -0.549. The fraction of sp³-hybridized carbons (Fsp3) is 0.0909. The standard InChI is InChI=1S/C22H17ClN6O3S/c23-18-9-8-17(29(31)32)11-19(18)25-20(30)14-33-22-27-26-21(16-7-4-10-24-12-16)28(22)13-15-5-2-1-3-6-15/h1-12H,13-14H2,(H,25,30). The quantitative estimate of drug-likeness (QED) is 0.221. The summed E-state index contributed by atoms with van der Waals surface area (Å²) in [5.41, 5.74) is 1.88. The molecule has 0 bridgehead atoms. The highest BCUT2D eigenvalue weighted by molar-refractivity contribution is 7.99. The fourth-order valence-electron chi connectivity index (χ4n) is 3.05. The molecule has 4 aromatic rings. The summed E-state index contributed by atoms with van der Waals surface area (Å²) in [5.74, 6) is 0.273. The third-order valence-corrected chi connectivity index (χ3v) is 5.88. The van der Waals surface area contributed by atoms with Crippen LogP contribution in [0.2, 0.25) is 5.02 Å². The Hall–Kier alpha value is -3.76. The van der Waals surface area contributed by atoms with E-state index in [0.717, 1.165) is 11.1 Å². The van der Waals surface area contributed by atoms with Gasteiger partial charge in [0.15, 0.2) is 11.0 Å². The number of anilines is 1. The number of aromatic nitrogens is 4. The Bertz CT molecular complexity index is 1280.